The third-order valence-corrected chi connectivity index (χ3v) is 4.40. The molecule has 1 heterocycles. The number of halogens is 2. The zero-order valence-corrected chi connectivity index (χ0v) is 12.8. The third-order valence-electron chi connectivity index (χ3n) is 3.62. The Labute approximate surface area is 117 Å². The molecule has 0 saturated carbocycles. The van der Waals surface area contributed by atoms with Gasteiger partial charge in [-0.1, -0.05) is 28.9 Å². The summed E-state index contributed by atoms with van der Waals surface area (Å²) in [7, 11) is 0. The van der Waals surface area contributed by atoms with E-state index >= 15 is 0 Å². The number of piperidine rings is 1. The molecule has 0 bridgehead atoms. The quantitative estimate of drug-likeness (QED) is 0.708. The summed E-state index contributed by atoms with van der Waals surface area (Å²) < 4.78 is 1.13. The van der Waals surface area contributed by atoms with Gasteiger partial charge in [-0.15, -0.1) is 11.6 Å². The molecule has 0 aromatic heterocycles. The smallest absolute Gasteiger partial charge is 0.0494 e. The molecule has 1 aromatic carbocycles. The highest BCUT2D eigenvalue weighted by Crippen LogP contribution is 2.32. The number of hydrogen-bond donors (Lipinski definition) is 0. The number of hydrogen-bond acceptors (Lipinski definition) is 1. The van der Waals surface area contributed by atoms with Gasteiger partial charge in [-0.3, -0.25) is 0 Å². The van der Waals surface area contributed by atoms with E-state index in [4.69, 9.17) is 11.6 Å². The molecule has 17 heavy (non-hydrogen) atoms. The molecule has 0 N–H and O–H groups in total. The van der Waals surface area contributed by atoms with Crippen molar-refractivity contribution in [3.63, 3.8) is 0 Å². The topological polar surface area (TPSA) is 3.24 Å². The zero-order chi connectivity index (χ0) is 12.4. The molecule has 1 saturated heterocycles. The van der Waals surface area contributed by atoms with Crippen LogP contribution in [0.5, 0.6) is 0 Å². The van der Waals surface area contributed by atoms with E-state index in [1.807, 2.05) is 0 Å². The van der Waals surface area contributed by atoms with E-state index in [1.54, 1.807) is 0 Å². The summed E-state index contributed by atoms with van der Waals surface area (Å²) >= 11 is 9.60. The fraction of sp³-hybridized carbons (Fsp3) is 0.571. The molecular weight excluding hydrogens is 298 g/mol. The first-order chi connectivity index (χ1) is 8.11. The molecule has 94 valence electrons. The van der Waals surface area contributed by atoms with Crippen molar-refractivity contribution < 1.29 is 0 Å². The Morgan fingerprint density at radius 1 is 1.35 bits per heavy atom. The SMILES string of the molecule is CC1CCC(C)N(c2cc(Br)ccc2CCl)C1. The standard InChI is InChI=1S/C14H19BrClN/c1-10-3-4-11(2)17(9-10)14-7-13(15)6-5-12(14)8-16/h5-7,10-11H,3-4,8-9H2,1-2H3. The lowest BCUT2D eigenvalue weighted by molar-refractivity contribution is 0.390. The van der Waals surface area contributed by atoms with Crippen molar-refractivity contribution in [1.29, 1.82) is 0 Å². The molecule has 0 radical (unpaired) electrons. The Kier molecular flexibility index (Phi) is 4.37. The van der Waals surface area contributed by atoms with E-state index in [1.165, 1.54) is 24.1 Å². The van der Waals surface area contributed by atoms with Gasteiger partial charge in [0.25, 0.3) is 0 Å². The molecule has 1 nitrogen and oxygen atoms in total. The summed E-state index contributed by atoms with van der Waals surface area (Å²) in [5.74, 6) is 1.36. The molecule has 2 unspecified atom stereocenters. The summed E-state index contributed by atoms with van der Waals surface area (Å²) in [5.41, 5.74) is 2.53. The summed E-state index contributed by atoms with van der Waals surface area (Å²) in [6, 6.07) is 7.01. The van der Waals surface area contributed by atoms with Crippen molar-refractivity contribution in [2.75, 3.05) is 11.4 Å². The monoisotopic (exact) mass is 315 g/mol. The van der Waals surface area contributed by atoms with Crippen LogP contribution in [0.3, 0.4) is 0 Å². The van der Waals surface area contributed by atoms with E-state index in [0.717, 1.165) is 16.9 Å². The second-order valence-electron chi connectivity index (χ2n) is 5.09. The molecule has 1 aliphatic rings. The molecule has 0 amide bonds. The van der Waals surface area contributed by atoms with E-state index in [-0.39, 0.29) is 0 Å². The number of rotatable bonds is 2. The fourth-order valence-electron chi connectivity index (χ4n) is 2.54. The fourth-order valence-corrected chi connectivity index (χ4v) is 3.12. The van der Waals surface area contributed by atoms with E-state index in [9.17, 15) is 0 Å². The van der Waals surface area contributed by atoms with E-state index in [0.29, 0.717) is 11.9 Å². The summed E-state index contributed by atoms with van der Waals surface area (Å²) in [4.78, 5) is 2.51. The van der Waals surface area contributed by atoms with Gasteiger partial charge in [0, 0.05) is 28.6 Å². The second kappa shape index (κ2) is 5.62. The van der Waals surface area contributed by atoms with Crippen molar-refractivity contribution in [3.05, 3.63) is 28.2 Å². The Balaban J connectivity index is 2.33. The molecule has 1 fully saturated rings. The highest BCUT2D eigenvalue weighted by atomic mass is 79.9. The normalized spacial score (nSPS) is 25.1. The Morgan fingerprint density at radius 3 is 2.82 bits per heavy atom. The van der Waals surface area contributed by atoms with Crippen molar-refractivity contribution >= 4 is 33.2 Å². The molecular formula is C14H19BrClN. The third kappa shape index (κ3) is 2.97. The number of alkyl halides is 1. The van der Waals surface area contributed by atoms with Crippen LogP contribution in [-0.4, -0.2) is 12.6 Å². The maximum Gasteiger partial charge on any atom is 0.0494 e. The van der Waals surface area contributed by atoms with Gasteiger partial charge in [0.05, 0.1) is 0 Å². The molecule has 1 aromatic rings. The molecule has 2 atom stereocenters. The first-order valence-corrected chi connectivity index (χ1v) is 7.55. The lowest BCUT2D eigenvalue weighted by atomic mass is 9.94. The van der Waals surface area contributed by atoms with Gasteiger partial charge in [-0.05, 0) is 43.4 Å². The van der Waals surface area contributed by atoms with E-state index in [2.05, 4.69) is 52.9 Å². The minimum atomic E-state index is 0.584. The van der Waals surface area contributed by atoms with Crippen LogP contribution in [-0.2, 0) is 5.88 Å². The number of benzene rings is 1. The van der Waals surface area contributed by atoms with Crippen LogP contribution >= 0.6 is 27.5 Å². The highest BCUT2D eigenvalue weighted by Gasteiger charge is 2.24. The highest BCUT2D eigenvalue weighted by molar-refractivity contribution is 9.10. The minimum absolute atomic E-state index is 0.584. The van der Waals surface area contributed by atoms with Crippen LogP contribution in [0.2, 0.25) is 0 Å². The Bertz CT molecular complexity index is 394. The second-order valence-corrected chi connectivity index (χ2v) is 6.27. The predicted octanol–water partition coefficient (Wildman–Crippen LogP) is 4.81. The van der Waals surface area contributed by atoms with Gasteiger partial charge in [0.1, 0.15) is 0 Å². The van der Waals surface area contributed by atoms with Crippen molar-refractivity contribution in [1.82, 2.24) is 0 Å². The van der Waals surface area contributed by atoms with Crippen LogP contribution < -0.4 is 4.90 Å². The Morgan fingerprint density at radius 2 is 2.12 bits per heavy atom. The molecule has 2 rings (SSSR count). The summed E-state index contributed by atoms with van der Waals surface area (Å²) in [6.45, 7) is 5.78. The maximum atomic E-state index is 6.05. The van der Waals surface area contributed by atoms with Gasteiger partial charge in [-0.25, -0.2) is 0 Å². The first kappa shape index (κ1) is 13.2. The zero-order valence-electron chi connectivity index (χ0n) is 10.4. The van der Waals surface area contributed by atoms with Crippen LogP contribution in [0.4, 0.5) is 5.69 Å². The predicted molar refractivity (Wildman–Crippen MR) is 78.9 cm³/mol. The maximum absolute atomic E-state index is 6.05. The minimum Gasteiger partial charge on any atom is -0.368 e. The van der Waals surface area contributed by atoms with Crippen LogP contribution in [0.15, 0.2) is 22.7 Å². The van der Waals surface area contributed by atoms with Gasteiger partial charge >= 0.3 is 0 Å². The van der Waals surface area contributed by atoms with Crippen molar-refractivity contribution in [2.45, 2.75) is 38.6 Å². The lowest BCUT2D eigenvalue weighted by Crippen LogP contribution is -2.41. The van der Waals surface area contributed by atoms with Gasteiger partial charge in [-0.2, -0.15) is 0 Å². The summed E-state index contributed by atoms with van der Waals surface area (Å²) in [5, 5.41) is 0. The van der Waals surface area contributed by atoms with Crippen molar-refractivity contribution in [3.8, 4) is 0 Å². The van der Waals surface area contributed by atoms with Crippen LogP contribution in [0.25, 0.3) is 0 Å². The molecule has 3 heteroatoms. The molecule has 1 aliphatic heterocycles. The number of nitrogens with zero attached hydrogens (tertiary/aromatic N) is 1. The average Bonchev–Trinajstić information content (AvgIpc) is 2.32. The van der Waals surface area contributed by atoms with E-state index < -0.39 is 0 Å². The van der Waals surface area contributed by atoms with Gasteiger partial charge in [0.15, 0.2) is 0 Å². The number of anilines is 1. The average molecular weight is 317 g/mol. The Hall–Kier alpha value is -0.210. The summed E-state index contributed by atoms with van der Waals surface area (Å²) in [6.07, 6.45) is 2.61. The van der Waals surface area contributed by atoms with Crippen molar-refractivity contribution in [2.24, 2.45) is 5.92 Å². The van der Waals surface area contributed by atoms with Crippen LogP contribution in [0, 0.1) is 5.92 Å². The van der Waals surface area contributed by atoms with Gasteiger partial charge < -0.3 is 4.90 Å². The first-order valence-electron chi connectivity index (χ1n) is 6.23. The lowest BCUT2D eigenvalue weighted by Gasteiger charge is -2.39. The largest absolute Gasteiger partial charge is 0.368 e. The molecule has 0 aliphatic carbocycles. The van der Waals surface area contributed by atoms with Gasteiger partial charge in [0.2, 0.25) is 0 Å². The van der Waals surface area contributed by atoms with Crippen LogP contribution in [0.1, 0.15) is 32.3 Å². The molecule has 0 spiro atoms.